The largest absolute Gasteiger partial charge is 0.374 e. The van der Waals surface area contributed by atoms with Gasteiger partial charge in [-0.05, 0) is 25.5 Å². The second kappa shape index (κ2) is 19.5. The lowest BCUT2D eigenvalue weighted by Crippen LogP contribution is -2.21. The quantitative estimate of drug-likeness (QED) is 0.217. The number of unbranched alkanes of at least 4 members (excludes halogenated alkanes) is 14. The van der Waals surface area contributed by atoms with Crippen LogP contribution in [-0.2, 0) is 0 Å². The molecular weight excluding hydrogens is 282 g/mol. The maximum absolute atomic E-state index is 9.32. The molecule has 1 unspecified atom stereocenters. The monoisotopic (exact) mass is 325 g/mol. The minimum atomic E-state index is -0.386. The summed E-state index contributed by atoms with van der Waals surface area (Å²) in [5.74, 6) is 0. The summed E-state index contributed by atoms with van der Waals surface area (Å²) >= 11 is 0. The highest BCUT2D eigenvalue weighted by molar-refractivity contribution is 4.79. The Balaban J connectivity index is 3.05. The molecule has 0 aromatic heterocycles. The van der Waals surface area contributed by atoms with Gasteiger partial charge in [0.2, 0.25) is 0 Å². The topological polar surface area (TPSA) is 32.3 Å². The Bertz CT molecular complexity index is 240. The lowest BCUT2D eigenvalue weighted by atomic mass is 10.0. The van der Waals surface area contributed by atoms with E-state index in [1.807, 2.05) is 13.1 Å². The minimum Gasteiger partial charge on any atom is -0.374 e. The molecule has 0 aliphatic rings. The molecule has 2 nitrogen and oxygen atoms in total. The molecule has 0 radical (unpaired) electrons. The van der Waals surface area contributed by atoms with Gasteiger partial charge in [0.1, 0.15) is 6.23 Å². The fourth-order valence-electron chi connectivity index (χ4n) is 2.84. The number of allylic oxidation sites excluding steroid dienone is 1. The zero-order valence-electron chi connectivity index (χ0n) is 16.0. The van der Waals surface area contributed by atoms with Gasteiger partial charge >= 0.3 is 0 Å². The van der Waals surface area contributed by atoms with Crippen molar-refractivity contribution in [2.45, 2.75) is 123 Å². The van der Waals surface area contributed by atoms with Gasteiger partial charge in [-0.2, -0.15) is 0 Å². The molecule has 0 aromatic rings. The van der Waals surface area contributed by atoms with Crippen molar-refractivity contribution in [3.8, 4) is 0 Å². The van der Waals surface area contributed by atoms with Crippen LogP contribution >= 0.6 is 0 Å². The molecule has 2 N–H and O–H groups in total. The standard InChI is InChI=1S/C21H43NO/c1-3-5-6-7-8-9-10-11-12-13-14-15-16-17-18-19-20-22-21(23)4-2/h19-23H,3-18H2,1-2H3. The average Bonchev–Trinajstić information content (AvgIpc) is 2.57. The van der Waals surface area contributed by atoms with Crippen LogP contribution in [0.5, 0.6) is 0 Å². The van der Waals surface area contributed by atoms with Gasteiger partial charge in [-0.3, -0.25) is 0 Å². The first-order valence-electron chi connectivity index (χ1n) is 10.4. The molecule has 0 aromatic carbocycles. The van der Waals surface area contributed by atoms with E-state index in [4.69, 9.17) is 0 Å². The van der Waals surface area contributed by atoms with Gasteiger partial charge in [0.15, 0.2) is 0 Å². The van der Waals surface area contributed by atoms with E-state index in [0.717, 1.165) is 12.8 Å². The van der Waals surface area contributed by atoms with Crippen molar-refractivity contribution in [2.24, 2.45) is 0 Å². The Morgan fingerprint density at radius 2 is 1.13 bits per heavy atom. The van der Waals surface area contributed by atoms with Crippen molar-refractivity contribution in [1.29, 1.82) is 0 Å². The van der Waals surface area contributed by atoms with E-state index in [1.54, 1.807) is 0 Å². The number of hydrogen-bond acceptors (Lipinski definition) is 2. The summed E-state index contributed by atoms with van der Waals surface area (Å²) in [5.41, 5.74) is 0. The Kier molecular flexibility index (Phi) is 19.1. The van der Waals surface area contributed by atoms with E-state index in [-0.39, 0.29) is 6.23 Å². The lowest BCUT2D eigenvalue weighted by molar-refractivity contribution is 0.149. The lowest BCUT2D eigenvalue weighted by Gasteiger charge is -2.06. The average molecular weight is 326 g/mol. The van der Waals surface area contributed by atoms with Gasteiger partial charge in [-0.25, -0.2) is 0 Å². The van der Waals surface area contributed by atoms with Crippen molar-refractivity contribution < 1.29 is 5.11 Å². The number of aliphatic hydroxyl groups is 1. The Labute approximate surface area is 146 Å². The normalized spacial score (nSPS) is 12.8. The predicted molar refractivity (Wildman–Crippen MR) is 104 cm³/mol. The van der Waals surface area contributed by atoms with E-state index in [0.29, 0.717) is 0 Å². The van der Waals surface area contributed by atoms with Crippen LogP contribution in [0.4, 0.5) is 0 Å². The van der Waals surface area contributed by atoms with Gasteiger partial charge in [0.25, 0.3) is 0 Å². The van der Waals surface area contributed by atoms with Gasteiger partial charge < -0.3 is 10.4 Å². The summed E-state index contributed by atoms with van der Waals surface area (Å²) < 4.78 is 0. The van der Waals surface area contributed by atoms with Crippen LogP contribution in [0.1, 0.15) is 117 Å². The summed E-state index contributed by atoms with van der Waals surface area (Å²) in [4.78, 5) is 0. The van der Waals surface area contributed by atoms with Crippen LogP contribution in [0.25, 0.3) is 0 Å². The van der Waals surface area contributed by atoms with Crippen LogP contribution in [0.2, 0.25) is 0 Å². The molecule has 0 amide bonds. The zero-order chi connectivity index (χ0) is 17.0. The first-order valence-corrected chi connectivity index (χ1v) is 10.4. The molecule has 0 bridgehead atoms. The summed E-state index contributed by atoms with van der Waals surface area (Å²) in [7, 11) is 0. The number of nitrogens with one attached hydrogen (secondary N) is 1. The second-order valence-corrected chi connectivity index (χ2v) is 6.88. The predicted octanol–water partition coefficient (Wildman–Crippen LogP) is 6.69. The molecule has 1 atom stereocenters. The van der Waals surface area contributed by atoms with E-state index in [1.165, 1.54) is 89.9 Å². The van der Waals surface area contributed by atoms with Crippen molar-refractivity contribution in [1.82, 2.24) is 5.32 Å². The molecule has 0 rings (SSSR count). The summed E-state index contributed by atoms with van der Waals surface area (Å²) in [6.07, 6.45) is 25.3. The molecule has 0 spiro atoms. The van der Waals surface area contributed by atoms with Crippen LogP contribution in [0, 0.1) is 0 Å². The van der Waals surface area contributed by atoms with E-state index < -0.39 is 0 Å². The molecule has 0 saturated heterocycles. The maximum Gasteiger partial charge on any atom is 0.123 e. The molecule has 0 fully saturated rings. The highest BCUT2D eigenvalue weighted by Crippen LogP contribution is 2.13. The highest BCUT2D eigenvalue weighted by Gasteiger charge is 1.94. The van der Waals surface area contributed by atoms with Crippen molar-refractivity contribution in [2.75, 3.05) is 0 Å². The number of aliphatic hydroxyl groups excluding tert-OH is 1. The van der Waals surface area contributed by atoms with E-state index in [2.05, 4.69) is 18.3 Å². The first kappa shape index (κ1) is 22.5. The van der Waals surface area contributed by atoms with Crippen LogP contribution in [-0.4, -0.2) is 11.3 Å². The van der Waals surface area contributed by atoms with Gasteiger partial charge in [-0.15, -0.1) is 0 Å². The number of rotatable bonds is 18. The fraction of sp³-hybridized carbons (Fsp3) is 0.905. The molecule has 138 valence electrons. The highest BCUT2D eigenvalue weighted by atomic mass is 16.3. The molecule has 23 heavy (non-hydrogen) atoms. The van der Waals surface area contributed by atoms with Crippen molar-refractivity contribution in [3.63, 3.8) is 0 Å². The van der Waals surface area contributed by atoms with Gasteiger partial charge in [0.05, 0.1) is 0 Å². The Hall–Kier alpha value is -0.500. The summed E-state index contributed by atoms with van der Waals surface area (Å²) in [6, 6.07) is 0. The Morgan fingerprint density at radius 1 is 0.696 bits per heavy atom. The molecular formula is C21H43NO. The third kappa shape index (κ3) is 19.5. The van der Waals surface area contributed by atoms with Gasteiger partial charge in [-0.1, -0.05) is 103 Å². The Morgan fingerprint density at radius 3 is 1.57 bits per heavy atom. The maximum atomic E-state index is 9.32. The molecule has 0 aliphatic heterocycles. The second-order valence-electron chi connectivity index (χ2n) is 6.88. The van der Waals surface area contributed by atoms with E-state index >= 15 is 0 Å². The molecule has 2 heteroatoms. The molecule has 0 saturated carbocycles. The van der Waals surface area contributed by atoms with Crippen molar-refractivity contribution >= 4 is 0 Å². The van der Waals surface area contributed by atoms with Crippen molar-refractivity contribution in [3.05, 3.63) is 12.3 Å². The molecule has 0 heterocycles. The van der Waals surface area contributed by atoms with E-state index in [9.17, 15) is 5.11 Å². The van der Waals surface area contributed by atoms with Crippen LogP contribution in [0.15, 0.2) is 12.3 Å². The summed E-state index contributed by atoms with van der Waals surface area (Å²) in [6.45, 7) is 4.26. The third-order valence-electron chi connectivity index (χ3n) is 4.52. The molecule has 0 aliphatic carbocycles. The minimum absolute atomic E-state index is 0.386. The van der Waals surface area contributed by atoms with Crippen LogP contribution in [0.3, 0.4) is 0 Å². The van der Waals surface area contributed by atoms with Crippen LogP contribution < -0.4 is 5.32 Å². The fourth-order valence-corrected chi connectivity index (χ4v) is 2.84. The smallest absolute Gasteiger partial charge is 0.123 e. The number of hydrogen-bond donors (Lipinski definition) is 2. The zero-order valence-corrected chi connectivity index (χ0v) is 16.0. The third-order valence-corrected chi connectivity index (χ3v) is 4.52. The SMILES string of the molecule is CCCCCCCCCCCCCCCCC=CNC(O)CC. The van der Waals surface area contributed by atoms with Gasteiger partial charge in [0, 0.05) is 0 Å². The summed E-state index contributed by atoms with van der Waals surface area (Å²) in [5, 5.41) is 12.3. The first-order chi connectivity index (χ1) is 11.3.